The SMILES string of the molecule is COc1cc(C=CC(=O)Nc2nncs2)ccc1OC(C)C. The van der Waals surface area contributed by atoms with Crippen LogP contribution in [0.3, 0.4) is 0 Å². The first-order valence-corrected chi connectivity index (χ1v) is 7.56. The van der Waals surface area contributed by atoms with Crippen LogP contribution >= 0.6 is 11.3 Å². The van der Waals surface area contributed by atoms with E-state index < -0.39 is 0 Å². The standard InChI is InChI=1S/C15H17N3O3S/c1-10(2)21-12-6-4-11(8-13(12)20-3)5-7-14(19)17-15-18-16-9-22-15/h4-10H,1-3H3,(H,17,18,19). The average molecular weight is 319 g/mol. The van der Waals surface area contributed by atoms with Gasteiger partial charge in [-0.25, -0.2) is 0 Å². The number of aromatic nitrogens is 2. The van der Waals surface area contributed by atoms with Crippen LogP contribution in [0.25, 0.3) is 6.08 Å². The quantitative estimate of drug-likeness (QED) is 0.829. The predicted molar refractivity (Wildman–Crippen MR) is 86.3 cm³/mol. The highest BCUT2D eigenvalue weighted by Gasteiger charge is 2.07. The molecule has 0 bridgehead atoms. The van der Waals surface area contributed by atoms with Crippen molar-refractivity contribution in [1.82, 2.24) is 10.2 Å². The van der Waals surface area contributed by atoms with Crippen LogP contribution in [0.15, 0.2) is 29.8 Å². The third kappa shape index (κ3) is 4.56. The number of hydrogen-bond acceptors (Lipinski definition) is 6. The molecule has 0 aliphatic rings. The molecular formula is C15H17N3O3S. The Morgan fingerprint density at radius 2 is 2.18 bits per heavy atom. The minimum absolute atomic E-state index is 0.0629. The maximum Gasteiger partial charge on any atom is 0.250 e. The zero-order chi connectivity index (χ0) is 15.9. The molecule has 1 heterocycles. The highest BCUT2D eigenvalue weighted by Crippen LogP contribution is 2.29. The number of amides is 1. The molecule has 0 saturated heterocycles. The molecule has 0 fully saturated rings. The summed E-state index contributed by atoms with van der Waals surface area (Å²) in [4.78, 5) is 11.7. The van der Waals surface area contributed by atoms with E-state index in [0.29, 0.717) is 16.6 Å². The molecule has 22 heavy (non-hydrogen) atoms. The molecular weight excluding hydrogens is 302 g/mol. The summed E-state index contributed by atoms with van der Waals surface area (Å²) in [5, 5.41) is 10.5. The zero-order valence-electron chi connectivity index (χ0n) is 12.6. The molecule has 0 atom stereocenters. The fourth-order valence-electron chi connectivity index (χ4n) is 1.69. The summed E-state index contributed by atoms with van der Waals surface area (Å²) in [6.07, 6.45) is 3.19. The lowest BCUT2D eigenvalue weighted by Gasteiger charge is -2.13. The summed E-state index contributed by atoms with van der Waals surface area (Å²) in [5.41, 5.74) is 2.39. The Labute approximate surface area is 132 Å². The van der Waals surface area contributed by atoms with Gasteiger partial charge in [0.1, 0.15) is 5.51 Å². The van der Waals surface area contributed by atoms with Crippen LogP contribution in [0.1, 0.15) is 19.4 Å². The Morgan fingerprint density at radius 1 is 1.36 bits per heavy atom. The van der Waals surface area contributed by atoms with Gasteiger partial charge in [-0.15, -0.1) is 10.2 Å². The van der Waals surface area contributed by atoms with Crippen molar-refractivity contribution in [3.05, 3.63) is 35.3 Å². The van der Waals surface area contributed by atoms with Gasteiger partial charge in [-0.1, -0.05) is 17.4 Å². The average Bonchev–Trinajstić information content (AvgIpc) is 2.98. The van der Waals surface area contributed by atoms with Gasteiger partial charge in [-0.3, -0.25) is 10.1 Å². The summed E-state index contributed by atoms with van der Waals surface area (Å²) >= 11 is 1.26. The van der Waals surface area contributed by atoms with Crippen molar-refractivity contribution >= 4 is 28.5 Å². The van der Waals surface area contributed by atoms with Crippen molar-refractivity contribution in [3.63, 3.8) is 0 Å². The number of benzene rings is 1. The monoisotopic (exact) mass is 319 g/mol. The molecule has 0 spiro atoms. The Morgan fingerprint density at radius 3 is 2.82 bits per heavy atom. The third-order valence-corrected chi connectivity index (χ3v) is 3.17. The van der Waals surface area contributed by atoms with Gasteiger partial charge in [0, 0.05) is 6.08 Å². The number of carbonyl (C=O) groups excluding carboxylic acids is 1. The summed E-state index contributed by atoms with van der Waals surface area (Å²) in [6.45, 7) is 3.90. The van der Waals surface area contributed by atoms with Crippen LogP contribution in [0.5, 0.6) is 11.5 Å². The number of nitrogens with one attached hydrogen (secondary N) is 1. The van der Waals surface area contributed by atoms with Gasteiger partial charge in [0.25, 0.3) is 0 Å². The van der Waals surface area contributed by atoms with E-state index in [1.165, 1.54) is 17.4 Å². The van der Waals surface area contributed by atoms with Crippen molar-refractivity contribution in [2.24, 2.45) is 0 Å². The molecule has 1 aromatic carbocycles. The van der Waals surface area contributed by atoms with Crippen LogP contribution in [0, 0.1) is 0 Å². The molecule has 1 aromatic heterocycles. The fourth-order valence-corrected chi connectivity index (χ4v) is 2.13. The number of methoxy groups -OCH3 is 1. The van der Waals surface area contributed by atoms with Gasteiger partial charge < -0.3 is 9.47 Å². The molecule has 1 amide bonds. The number of hydrogen-bond donors (Lipinski definition) is 1. The molecule has 1 N–H and O–H groups in total. The minimum atomic E-state index is -0.266. The van der Waals surface area contributed by atoms with Crippen LogP contribution in [-0.4, -0.2) is 29.3 Å². The second kappa shape index (κ2) is 7.56. The molecule has 7 heteroatoms. The van der Waals surface area contributed by atoms with Crippen molar-refractivity contribution in [3.8, 4) is 11.5 Å². The lowest BCUT2D eigenvalue weighted by Crippen LogP contribution is -2.07. The van der Waals surface area contributed by atoms with Gasteiger partial charge in [-0.05, 0) is 37.6 Å². The van der Waals surface area contributed by atoms with Crippen LogP contribution in [-0.2, 0) is 4.79 Å². The molecule has 2 rings (SSSR count). The molecule has 0 unspecified atom stereocenters. The van der Waals surface area contributed by atoms with E-state index in [1.54, 1.807) is 18.7 Å². The van der Waals surface area contributed by atoms with E-state index >= 15 is 0 Å². The number of rotatable bonds is 6. The molecule has 0 radical (unpaired) electrons. The predicted octanol–water partition coefficient (Wildman–Crippen LogP) is 2.99. The topological polar surface area (TPSA) is 73.3 Å². The largest absolute Gasteiger partial charge is 0.493 e. The molecule has 2 aromatic rings. The summed E-state index contributed by atoms with van der Waals surface area (Å²) in [6, 6.07) is 5.49. The smallest absolute Gasteiger partial charge is 0.250 e. The second-order valence-corrected chi connectivity index (χ2v) is 5.48. The van der Waals surface area contributed by atoms with Crippen LogP contribution < -0.4 is 14.8 Å². The Bertz CT molecular complexity index is 654. The van der Waals surface area contributed by atoms with E-state index in [2.05, 4.69) is 15.5 Å². The molecule has 0 aliphatic carbocycles. The highest BCUT2D eigenvalue weighted by atomic mass is 32.1. The van der Waals surface area contributed by atoms with Crippen molar-refractivity contribution < 1.29 is 14.3 Å². The van der Waals surface area contributed by atoms with E-state index in [0.717, 1.165) is 5.56 Å². The number of nitrogens with zero attached hydrogens (tertiary/aromatic N) is 2. The maximum atomic E-state index is 11.7. The molecule has 6 nitrogen and oxygen atoms in total. The normalized spacial score (nSPS) is 10.9. The van der Waals surface area contributed by atoms with Gasteiger partial charge in [0.2, 0.25) is 11.0 Å². The van der Waals surface area contributed by atoms with E-state index in [9.17, 15) is 4.79 Å². The van der Waals surface area contributed by atoms with Crippen LogP contribution in [0.4, 0.5) is 5.13 Å². The minimum Gasteiger partial charge on any atom is -0.493 e. The van der Waals surface area contributed by atoms with Gasteiger partial charge in [0.05, 0.1) is 13.2 Å². The lowest BCUT2D eigenvalue weighted by molar-refractivity contribution is -0.111. The van der Waals surface area contributed by atoms with Crippen molar-refractivity contribution in [2.45, 2.75) is 20.0 Å². The molecule has 0 saturated carbocycles. The van der Waals surface area contributed by atoms with E-state index in [1.807, 2.05) is 32.0 Å². The number of carbonyl (C=O) groups is 1. The molecule has 0 aliphatic heterocycles. The highest BCUT2D eigenvalue weighted by molar-refractivity contribution is 7.13. The Kier molecular flexibility index (Phi) is 5.48. The summed E-state index contributed by atoms with van der Waals surface area (Å²) in [7, 11) is 1.58. The summed E-state index contributed by atoms with van der Waals surface area (Å²) in [5.74, 6) is 1.03. The lowest BCUT2D eigenvalue weighted by atomic mass is 10.2. The summed E-state index contributed by atoms with van der Waals surface area (Å²) < 4.78 is 10.9. The maximum absolute atomic E-state index is 11.7. The van der Waals surface area contributed by atoms with Crippen molar-refractivity contribution in [2.75, 3.05) is 12.4 Å². The first-order chi connectivity index (χ1) is 10.6. The number of anilines is 1. The van der Waals surface area contributed by atoms with Gasteiger partial charge >= 0.3 is 0 Å². The van der Waals surface area contributed by atoms with E-state index in [4.69, 9.17) is 9.47 Å². The van der Waals surface area contributed by atoms with Gasteiger partial charge in [0.15, 0.2) is 11.5 Å². The first-order valence-electron chi connectivity index (χ1n) is 6.68. The molecule has 116 valence electrons. The van der Waals surface area contributed by atoms with Crippen LogP contribution in [0.2, 0.25) is 0 Å². The third-order valence-electron chi connectivity index (χ3n) is 2.57. The first kappa shape index (κ1) is 16.0. The Hall–Kier alpha value is -2.41. The van der Waals surface area contributed by atoms with E-state index in [-0.39, 0.29) is 12.0 Å². The van der Waals surface area contributed by atoms with Crippen molar-refractivity contribution in [1.29, 1.82) is 0 Å². The van der Waals surface area contributed by atoms with Gasteiger partial charge in [-0.2, -0.15) is 0 Å². The number of ether oxygens (including phenoxy) is 2. The second-order valence-electron chi connectivity index (χ2n) is 4.64. The zero-order valence-corrected chi connectivity index (χ0v) is 13.4. The Balaban J connectivity index is 2.05. The fraction of sp³-hybridized carbons (Fsp3) is 0.267.